The second-order valence-electron chi connectivity index (χ2n) is 27.8. The van der Waals surface area contributed by atoms with E-state index in [9.17, 15) is 67.4 Å². The minimum atomic E-state index is -0.895. The van der Waals surface area contributed by atoms with E-state index in [4.69, 9.17) is 69.0 Å². The summed E-state index contributed by atoms with van der Waals surface area (Å²) in [6.45, 7) is 35.9. The number of aliphatic hydroxyl groups excluding tert-OH is 1. The SMILES string of the molecule is C=C(C)OC.C=CCC(S)C(=O)O.C=CCC1SC(C)(C)OC1=O.C=CCC1SC(CO)OC1n1c(=O)sc2c(=O)[nH]c(N)nc21.C=CCC1SC(COC(=O)c2ccccc2)OC1=O.C=CCC1SC(COC(=O)c2ccccc2)OC1OC(C)=O.C=CCC1SC(COC(=O)c2ccccc2)OC1n1c(=O)sc2c(=O)[nH]c(N)nc21.CC1(C)OC(=O)CS1.O=C(O)CS. The standard InChI is InChI=1S/C19H18N4O5S2.C16H18O5S.C14H14O4S.C12H14N4O4S2.C8H12O2S.2C5H8O2S.C4H8O.C2H4O2S/c1-2-6-11-16(23-14-13(30-19(23)26)15(24)22-18(20)21-14)28-12(29-11)9-27-17(25)10-7-4-3-5-8-10;1-3-7-13-16(20-11(2)17)21-14(22-13)10-19-15(18)12-8-5-4-6-9-12;1-2-6-11-14(16)18-12(19-11)9-17-13(15)10-7-4-3-5-8-10;1-2-3-5-10(20-6(4-17)21-5)16-8-7(22-12(16)19)9(18)15-11(13)14-8;1-4-5-6-7(9)10-8(2,3)11-6;1-5(2)7-4(6)3-8-5;1-2-3-4(8)5(6)7;1-4(2)5-3;3-2(4)1-5/h2-5,7-8,11-12,16H,1,6,9H2,(H3,20,21,22,24);3-6,8-9,13-14,16H,1,7,10H2,2H3;2-5,7-8,11-12H,1,6,9H2;2,5-6,10,17H,1,3-4H2,(H3,13,14,15,18);4,6H,1,5H2,2-3H3;3H2,1-2H3;2,4,8H,1,3H2,(H,6,7);1H2,2-3H3;5H,1H2,(H,3,4). The fourth-order valence-electron chi connectivity index (χ4n) is 11.0. The third-order valence-corrected chi connectivity index (χ3v) is 27.0. The summed E-state index contributed by atoms with van der Waals surface area (Å²) in [5, 5.41) is 23.9. The summed E-state index contributed by atoms with van der Waals surface area (Å²) in [6, 6.07) is 26.1. The van der Waals surface area contributed by atoms with E-state index in [1.54, 1.807) is 129 Å². The molecule has 6 fully saturated rings. The van der Waals surface area contributed by atoms with Gasteiger partial charge in [0.15, 0.2) is 39.1 Å². The Balaban J connectivity index is 0.000000274. The number of ether oxygens (including phenoxy) is 11. The Hall–Kier alpha value is -9.75. The Labute approximate surface area is 792 Å². The average Bonchev–Trinajstić information content (AvgIpc) is 1.61. The number of aliphatic carboxylic acids is 2. The van der Waals surface area contributed by atoms with Crippen LogP contribution >= 0.6 is 119 Å². The first-order valence-electron chi connectivity index (χ1n) is 39.1. The first kappa shape index (κ1) is 111. The summed E-state index contributed by atoms with van der Waals surface area (Å²) in [6.07, 6.45) is 11.6. The molecule has 4 aromatic heterocycles. The number of esters is 7. The molecule has 45 heteroatoms. The highest BCUT2D eigenvalue weighted by Gasteiger charge is 2.44. The molecular formula is C85H104N8O27S10. The van der Waals surface area contributed by atoms with Crippen molar-refractivity contribution in [3.8, 4) is 0 Å². The summed E-state index contributed by atoms with van der Waals surface area (Å²) in [5.74, 6) is -2.90. The molecule has 6 aliphatic rings. The third-order valence-electron chi connectivity index (χ3n) is 16.7. The number of thioether (sulfide) groups is 6. The number of anilines is 2. The van der Waals surface area contributed by atoms with E-state index in [1.165, 1.54) is 80.9 Å². The summed E-state index contributed by atoms with van der Waals surface area (Å²) in [5.41, 5.74) is 10.4. The maximum atomic E-state index is 12.6. The number of nitrogens with zero attached hydrogens (tertiary/aromatic N) is 4. The van der Waals surface area contributed by atoms with Crippen LogP contribution < -0.4 is 32.3 Å². The molecule has 0 bridgehead atoms. The Morgan fingerprint density at radius 2 is 0.977 bits per heavy atom. The van der Waals surface area contributed by atoms with Gasteiger partial charge in [-0.1, -0.05) is 144 Å². The van der Waals surface area contributed by atoms with Gasteiger partial charge in [0, 0.05) is 6.92 Å². The lowest BCUT2D eigenvalue weighted by atomic mass is 10.2. The minimum Gasteiger partial charge on any atom is -0.502 e. The number of hydrogen-bond acceptors (Lipinski definition) is 39. The van der Waals surface area contributed by atoms with Crippen LogP contribution in [0.3, 0.4) is 0 Å². The van der Waals surface area contributed by atoms with Crippen LogP contribution in [-0.2, 0) is 80.9 Å². The minimum absolute atomic E-state index is 0.00943. The number of carbonyl (C=O) groups excluding carboxylic acids is 7. The zero-order valence-corrected chi connectivity index (χ0v) is 80.1. The number of aliphatic hydroxyl groups is 1. The van der Waals surface area contributed by atoms with E-state index in [0.717, 1.165) is 28.4 Å². The first-order chi connectivity index (χ1) is 61.7. The van der Waals surface area contributed by atoms with Crippen molar-refractivity contribution >= 4 is 205 Å². The number of nitrogens with two attached hydrogens (primary N) is 2. The zero-order chi connectivity index (χ0) is 96.5. The largest absolute Gasteiger partial charge is 0.502 e. The number of carbonyl (C=O) groups is 9. The molecule has 35 nitrogen and oxygen atoms in total. The predicted octanol–water partition coefficient (Wildman–Crippen LogP) is 12.6. The van der Waals surface area contributed by atoms with Gasteiger partial charge in [0.2, 0.25) is 18.2 Å². The van der Waals surface area contributed by atoms with Gasteiger partial charge in [0.05, 0.1) is 63.4 Å². The summed E-state index contributed by atoms with van der Waals surface area (Å²) in [7, 11) is 1.60. The number of benzene rings is 3. The van der Waals surface area contributed by atoms with Crippen molar-refractivity contribution in [3.05, 3.63) is 236 Å². The molecule has 706 valence electrons. The molecule has 0 spiro atoms. The molecule has 0 saturated carbocycles. The van der Waals surface area contributed by atoms with E-state index < -0.39 is 87.2 Å². The Morgan fingerprint density at radius 1 is 0.577 bits per heavy atom. The van der Waals surface area contributed by atoms with Gasteiger partial charge in [-0.25, -0.2) is 14.4 Å². The number of allylic oxidation sites excluding steroid dienone is 7. The molecule has 130 heavy (non-hydrogen) atoms. The molecular weight excluding hydrogens is 1890 g/mol. The van der Waals surface area contributed by atoms with Gasteiger partial charge >= 0.3 is 63.5 Å². The second-order valence-corrected chi connectivity index (χ2v) is 39.6. The second kappa shape index (κ2) is 56.2. The van der Waals surface area contributed by atoms with Gasteiger partial charge in [0.1, 0.15) is 61.3 Å². The Morgan fingerprint density at radius 3 is 1.32 bits per heavy atom. The molecule has 0 amide bonds. The van der Waals surface area contributed by atoms with Gasteiger partial charge in [-0.3, -0.25) is 67.0 Å². The van der Waals surface area contributed by atoms with Crippen molar-refractivity contribution in [2.75, 3.05) is 56.5 Å². The van der Waals surface area contributed by atoms with Crippen LogP contribution in [0.5, 0.6) is 0 Å². The van der Waals surface area contributed by atoms with Crippen molar-refractivity contribution < 1.29 is 111 Å². The average molecular weight is 1990 g/mol. The summed E-state index contributed by atoms with van der Waals surface area (Å²) < 4.78 is 60.9. The molecule has 10 heterocycles. The van der Waals surface area contributed by atoms with E-state index in [2.05, 4.69) is 96.0 Å². The lowest BCUT2D eigenvalue weighted by Crippen LogP contribution is -2.27. The number of aromatic amines is 2. The van der Waals surface area contributed by atoms with Crippen molar-refractivity contribution in [2.45, 2.75) is 162 Å². The van der Waals surface area contributed by atoms with Crippen LogP contribution in [-0.4, -0.2) is 213 Å². The molecule has 0 aliphatic carbocycles. The lowest BCUT2D eigenvalue weighted by Gasteiger charge is -2.17. The zero-order valence-electron chi connectivity index (χ0n) is 71.8. The molecule has 7 aromatic rings. The van der Waals surface area contributed by atoms with Gasteiger partial charge in [-0.05, 0) is 110 Å². The Kier molecular flexibility index (Phi) is 47.9. The van der Waals surface area contributed by atoms with Crippen molar-refractivity contribution in [2.24, 2.45) is 0 Å². The molecule has 6 aliphatic heterocycles. The molecule has 13 atom stereocenters. The monoisotopic (exact) mass is 1990 g/mol. The normalized spacial score (nSPS) is 21.5. The number of cyclic esters (lactones) is 3. The number of thiazole rings is 2. The van der Waals surface area contributed by atoms with Crippen molar-refractivity contribution in [3.63, 3.8) is 0 Å². The van der Waals surface area contributed by atoms with Gasteiger partial charge < -0.3 is 78.9 Å². The maximum absolute atomic E-state index is 12.6. The van der Waals surface area contributed by atoms with Crippen molar-refractivity contribution in [1.29, 1.82) is 0 Å². The summed E-state index contributed by atoms with van der Waals surface area (Å²) in [4.78, 5) is 160. The molecule has 9 N–H and O–H groups in total. The fraction of sp³-hybridized carbons (Fsp3) is 0.400. The van der Waals surface area contributed by atoms with E-state index in [0.29, 0.717) is 61.0 Å². The fourth-order valence-corrected chi connectivity index (χ4v) is 19.5. The number of thiol groups is 2. The van der Waals surface area contributed by atoms with E-state index in [-0.39, 0.29) is 134 Å². The Bertz CT molecular complexity index is 5250. The smallest absolute Gasteiger partial charge is 0.338 e. The number of fused-ring (bicyclic) bond motifs is 2. The number of methoxy groups -OCH3 is 1. The quantitative estimate of drug-likeness (QED) is 0.00723. The van der Waals surface area contributed by atoms with Crippen LogP contribution in [0.15, 0.2) is 198 Å². The molecule has 13 unspecified atom stereocenters. The highest BCUT2D eigenvalue weighted by Crippen LogP contribution is 2.44. The summed E-state index contributed by atoms with van der Waals surface area (Å²) >= 11 is 17.5. The van der Waals surface area contributed by atoms with E-state index >= 15 is 0 Å². The number of nitrogen functional groups attached to an aromatic ring is 2. The number of rotatable bonds is 28. The van der Waals surface area contributed by atoms with Crippen LogP contribution in [0.25, 0.3) is 20.7 Å². The number of hydrogen-bond donors (Lipinski definition) is 9. The number of aromatic nitrogens is 6. The highest BCUT2D eigenvalue weighted by molar-refractivity contribution is 8.02. The van der Waals surface area contributed by atoms with Crippen molar-refractivity contribution in [1.82, 2.24) is 29.1 Å². The number of carboxylic acids is 2. The highest BCUT2D eigenvalue weighted by atomic mass is 32.2. The van der Waals surface area contributed by atoms with E-state index in [1.807, 2.05) is 45.9 Å². The van der Waals surface area contributed by atoms with Gasteiger partial charge in [0.25, 0.3) is 11.1 Å². The number of H-pyrrole nitrogens is 2. The number of nitrogens with one attached hydrogen (secondary N) is 2. The molecule has 3 aromatic carbocycles. The predicted molar refractivity (Wildman–Crippen MR) is 516 cm³/mol. The van der Waals surface area contributed by atoms with Crippen LogP contribution in [0, 0.1) is 0 Å². The van der Waals surface area contributed by atoms with Crippen LogP contribution in [0.2, 0.25) is 0 Å². The van der Waals surface area contributed by atoms with Crippen LogP contribution in [0.4, 0.5) is 11.9 Å². The number of carboxylic acid groups (broad SMARTS) is 2. The lowest BCUT2D eigenvalue weighted by molar-refractivity contribution is -0.176. The molecule has 6 saturated heterocycles. The first-order valence-corrected chi connectivity index (χ1v) is 47.5. The third kappa shape index (κ3) is 36.8. The van der Waals surface area contributed by atoms with Gasteiger partial charge in [-0.2, -0.15) is 35.2 Å². The molecule has 13 rings (SSSR count). The maximum Gasteiger partial charge on any atom is 0.338 e. The van der Waals surface area contributed by atoms with Gasteiger partial charge in [-0.15, -0.1) is 86.5 Å². The molecule has 0 radical (unpaired) electrons. The topological polar surface area (TPSA) is 503 Å². The van der Waals surface area contributed by atoms with Crippen LogP contribution in [0.1, 0.15) is 124 Å².